The number of hydrogen-bond donors (Lipinski definition) is 1. The molecular formula is C23H25N5O2. The SMILES string of the molecule is Cn1cc2c(n1)[C@H](C(=O)NCc1ccccn1)CN(C(=O)CCc1ccccc1)C2. The number of nitrogens with zero attached hydrogens (tertiary/aromatic N) is 4. The van der Waals surface area contributed by atoms with Crippen molar-refractivity contribution in [2.45, 2.75) is 31.8 Å². The van der Waals surface area contributed by atoms with Gasteiger partial charge in [-0.15, -0.1) is 0 Å². The third-order valence-corrected chi connectivity index (χ3v) is 5.34. The fourth-order valence-electron chi connectivity index (χ4n) is 3.80. The van der Waals surface area contributed by atoms with Crippen molar-refractivity contribution in [2.75, 3.05) is 6.54 Å². The molecule has 2 amide bonds. The molecule has 4 rings (SSSR count). The van der Waals surface area contributed by atoms with Gasteiger partial charge in [0.25, 0.3) is 0 Å². The zero-order chi connectivity index (χ0) is 20.9. The predicted octanol–water partition coefficient (Wildman–Crippen LogP) is 2.19. The Balaban J connectivity index is 1.44. The van der Waals surface area contributed by atoms with Gasteiger partial charge in [-0.1, -0.05) is 36.4 Å². The van der Waals surface area contributed by atoms with Crippen molar-refractivity contribution in [3.8, 4) is 0 Å². The maximum atomic E-state index is 13.0. The molecule has 0 aliphatic carbocycles. The highest BCUT2D eigenvalue weighted by atomic mass is 16.2. The van der Waals surface area contributed by atoms with Crippen LogP contribution in [0.5, 0.6) is 0 Å². The van der Waals surface area contributed by atoms with Crippen LogP contribution in [-0.4, -0.2) is 38.0 Å². The van der Waals surface area contributed by atoms with Gasteiger partial charge in [-0.25, -0.2) is 0 Å². The van der Waals surface area contributed by atoms with Crippen molar-refractivity contribution in [3.63, 3.8) is 0 Å². The largest absolute Gasteiger partial charge is 0.350 e. The van der Waals surface area contributed by atoms with E-state index < -0.39 is 5.92 Å². The lowest BCUT2D eigenvalue weighted by Gasteiger charge is -2.31. The number of rotatable bonds is 6. The van der Waals surface area contributed by atoms with Gasteiger partial charge in [0.15, 0.2) is 0 Å². The molecule has 0 bridgehead atoms. The van der Waals surface area contributed by atoms with E-state index in [0.717, 1.165) is 22.5 Å². The molecule has 0 unspecified atom stereocenters. The highest BCUT2D eigenvalue weighted by Crippen LogP contribution is 2.28. The number of aryl methyl sites for hydroxylation is 2. The molecule has 7 nitrogen and oxygen atoms in total. The fourth-order valence-corrected chi connectivity index (χ4v) is 3.80. The molecule has 0 spiro atoms. The van der Waals surface area contributed by atoms with Gasteiger partial charge in [-0.05, 0) is 24.1 Å². The first-order valence-corrected chi connectivity index (χ1v) is 10.1. The summed E-state index contributed by atoms with van der Waals surface area (Å²) < 4.78 is 1.71. The minimum atomic E-state index is -0.487. The normalized spacial score (nSPS) is 15.5. The van der Waals surface area contributed by atoms with E-state index in [0.29, 0.717) is 32.5 Å². The average Bonchev–Trinajstić information content (AvgIpc) is 3.16. The van der Waals surface area contributed by atoms with Crippen molar-refractivity contribution < 1.29 is 9.59 Å². The third kappa shape index (κ3) is 4.56. The molecule has 0 fully saturated rings. The molecule has 1 N–H and O–H groups in total. The second kappa shape index (κ2) is 8.90. The molecule has 2 aromatic heterocycles. The molecule has 7 heteroatoms. The summed E-state index contributed by atoms with van der Waals surface area (Å²) in [5.41, 5.74) is 3.60. The summed E-state index contributed by atoms with van der Waals surface area (Å²) in [4.78, 5) is 31.9. The number of carbonyl (C=O) groups excluding carboxylic acids is 2. The number of fused-ring (bicyclic) bond motifs is 1. The summed E-state index contributed by atoms with van der Waals surface area (Å²) in [6, 6.07) is 15.6. The number of pyridine rings is 1. The number of aromatic nitrogens is 3. The van der Waals surface area contributed by atoms with Crippen LogP contribution in [-0.2, 0) is 36.1 Å². The van der Waals surface area contributed by atoms with Gasteiger partial charge in [0.2, 0.25) is 11.8 Å². The topological polar surface area (TPSA) is 80.1 Å². The molecule has 0 saturated carbocycles. The maximum absolute atomic E-state index is 13.0. The lowest BCUT2D eigenvalue weighted by molar-refractivity contribution is -0.133. The lowest BCUT2D eigenvalue weighted by Crippen LogP contribution is -2.43. The summed E-state index contributed by atoms with van der Waals surface area (Å²) in [6.45, 7) is 1.17. The number of benzene rings is 1. The molecule has 1 aromatic carbocycles. The summed E-state index contributed by atoms with van der Waals surface area (Å²) in [5, 5.41) is 7.45. The first-order valence-electron chi connectivity index (χ1n) is 10.1. The second-order valence-corrected chi connectivity index (χ2v) is 7.56. The first kappa shape index (κ1) is 19.8. The summed E-state index contributed by atoms with van der Waals surface area (Å²) in [5.74, 6) is -0.573. The molecule has 0 radical (unpaired) electrons. The highest BCUT2D eigenvalue weighted by molar-refractivity contribution is 5.86. The standard InChI is InChI=1S/C23H25N5O2/c1-27-14-18-15-28(21(29)11-10-17-7-3-2-4-8-17)16-20(22(18)26-27)23(30)25-13-19-9-5-6-12-24-19/h2-9,12,14,20H,10-11,13,15-16H2,1H3,(H,25,30)/t20-/m1/s1. The maximum Gasteiger partial charge on any atom is 0.231 e. The van der Waals surface area contributed by atoms with Crippen LogP contribution in [0, 0.1) is 0 Å². The highest BCUT2D eigenvalue weighted by Gasteiger charge is 2.34. The Hall–Kier alpha value is -3.48. The summed E-state index contributed by atoms with van der Waals surface area (Å²) >= 11 is 0. The molecular weight excluding hydrogens is 378 g/mol. The van der Waals surface area contributed by atoms with Crippen LogP contribution in [0.1, 0.15) is 34.9 Å². The van der Waals surface area contributed by atoms with Crippen LogP contribution in [0.15, 0.2) is 60.9 Å². The molecule has 1 aliphatic heterocycles. The van der Waals surface area contributed by atoms with Crippen LogP contribution in [0.4, 0.5) is 0 Å². The van der Waals surface area contributed by atoms with Gasteiger partial charge < -0.3 is 10.2 Å². The number of hydrogen-bond acceptors (Lipinski definition) is 4. The predicted molar refractivity (Wildman–Crippen MR) is 112 cm³/mol. The van der Waals surface area contributed by atoms with Crippen LogP contribution in [0.3, 0.4) is 0 Å². The van der Waals surface area contributed by atoms with Crippen molar-refractivity contribution in [1.29, 1.82) is 0 Å². The van der Waals surface area contributed by atoms with Crippen LogP contribution >= 0.6 is 0 Å². The molecule has 3 heterocycles. The number of nitrogens with one attached hydrogen (secondary N) is 1. The zero-order valence-electron chi connectivity index (χ0n) is 17.0. The number of amides is 2. The fraction of sp³-hybridized carbons (Fsp3) is 0.304. The minimum Gasteiger partial charge on any atom is -0.350 e. The van der Waals surface area contributed by atoms with Gasteiger partial charge in [0.05, 0.1) is 23.9 Å². The van der Waals surface area contributed by atoms with Gasteiger partial charge >= 0.3 is 0 Å². The quantitative estimate of drug-likeness (QED) is 0.684. The Kier molecular flexibility index (Phi) is 5.88. The summed E-state index contributed by atoms with van der Waals surface area (Å²) in [6.07, 6.45) is 4.70. The van der Waals surface area contributed by atoms with Crippen LogP contribution in [0.25, 0.3) is 0 Å². The monoisotopic (exact) mass is 403 g/mol. The lowest BCUT2D eigenvalue weighted by atomic mass is 9.95. The Morgan fingerprint density at radius 2 is 1.93 bits per heavy atom. The Morgan fingerprint density at radius 1 is 1.13 bits per heavy atom. The van der Waals surface area contributed by atoms with E-state index >= 15 is 0 Å². The van der Waals surface area contributed by atoms with E-state index in [2.05, 4.69) is 15.4 Å². The Morgan fingerprint density at radius 3 is 2.70 bits per heavy atom. The van der Waals surface area contributed by atoms with Gasteiger partial charge in [0.1, 0.15) is 0 Å². The smallest absolute Gasteiger partial charge is 0.231 e. The zero-order valence-corrected chi connectivity index (χ0v) is 17.0. The van der Waals surface area contributed by atoms with Crippen LogP contribution in [0.2, 0.25) is 0 Å². The molecule has 154 valence electrons. The van der Waals surface area contributed by atoms with Crippen molar-refractivity contribution >= 4 is 11.8 Å². The van der Waals surface area contributed by atoms with E-state index in [4.69, 9.17) is 0 Å². The first-order chi connectivity index (χ1) is 14.6. The molecule has 3 aromatic rings. The second-order valence-electron chi connectivity index (χ2n) is 7.56. The molecule has 0 saturated heterocycles. The van der Waals surface area contributed by atoms with E-state index in [1.165, 1.54) is 0 Å². The molecule has 30 heavy (non-hydrogen) atoms. The van der Waals surface area contributed by atoms with Crippen molar-refractivity contribution in [3.05, 3.63) is 83.4 Å². The minimum absolute atomic E-state index is 0.0517. The van der Waals surface area contributed by atoms with Gasteiger partial charge in [0, 0.05) is 44.5 Å². The van der Waals surface area contributed by atoms with Crippen molar-refractivity contribution in [2.24, 2.45) is 7.05 Å². The van der Waals surface area contributed by atoms with Crippen LogP contribution < -0.4 is 5.32 Å². The van der Waals surface area contributed by atoms with E-state index in [1.807, 2.05) is 61.8 Å². The average molecular weight is 403 g/mol. The summed E-state index contributed by atoms with van der Waals surface area (Å²) in [7, 11) is 1.84. The van der Waals surface area contributed by atoms with Gasteiger partial charge in [-0.2, -0.15) is 5.10 Å². The molecule has 1 aliphatic rings. The van der Waals surface area contributed by atoms with E-state index in [1.54, 1.807) is 15.8 Å². The van der Waals surface area contributed by atoms with E-state index in [-0.39, 0.29) is 11.8 Å². The third-order valence-electron chi connectivity index (χ3n) is 5.34. The Labute approximate surface area is 175 Å². The number of carbonyl (C=O) groups is 2. The van der Waals surface area contributed by atoms with Crippen molar-refractivity contribution in [1.82, 2.24) is 25.0 Å². The Bertz CT molecular complexity index is 1020. The molecule has 1 atom stereocenters. The van der Waals surface area contributed by atoms with Gasteiger partial charge in [-0.3, -0.25) is 19.3 Å². The van der Waals surface area contributed by atoms with E-state index in [9.17, 15) is 9.59 Å².